The van der Waals surface area contributed by atoms with Crippen LogP contribution in [0.15, 0.2) is 24.3 Å². The average Bonchev–Trinajstić information content (AvgIpc) is 2.46. The number of nitrogens with two attached hydrogens (primary N) is 1. The zero-order valence-corrected chi connectivity index (χ0v) is 8.03. The molecule has 1 atom stereocenters. The fourth-order valence-corrected chi connectivity index (χ4v) is 1.66. The number of carbonyl (C=O) groups is 1. The normalized spacial score (nSPS) is 21.1. The zero-order chi connectivity index (χ0) is 10.1. The van der Waals surface area contributed by atoms with Crippen molar-refractivity contribution in [1.29, 1.82) is 0 Å². The second-order valence-corrected chi connectivity index (χ2v) is 3.50. The van der Waals surface area contributed by atoms with Gasteiger partial charge in [0.2, 0.25) is 0 Å². The van der Waals surface area contributed by atoms with Crippen LogP contribution >= 0.6 is 0 Å². The van der Waals surface area contributed by atoms with Gasteiger partial charge in [-0.25, -0.2) is 4.79 Å². The molecule has 1 aliphatic heterocycles. The van der Waals surface area contributed by atoms with Crippen LogP contribution in [0, 0.1) is 0 Å². The zero-order valence-electron chi connectivity index (χ0n) is 8.03. The van der Waals surface area contributed by atoms with Gasteiger partial charge in [0.25, 0.3) is 0 Å². The van der Waals surface area contributed by atoms with Crippen LogP contribution in [0.1, 0.15) is 6.92 Å². The highest BCUT2D eigenvalue weighted by Gasteiger charge is 2.28. The molecule has 74 valence electrons. The minimum Gasteiger partial charge on any atom is -0.399 e. The van der Waals surface area contributed by atoms with E-state index >= 15 is 0 Å². The molecule has 4 heteroatoms. The second-order valence-electron chi connectivity index (χ2n) is 3.50. The SMILES string of the molecule is C[C@H]1CNC(=O)N1c1cccc(N)c1. The lowest BCUT2D eigenvalue weighted by atomic mass is 10.2. The van der Waals surface area contributed by atoms with Crippen LogP contribution in [0.3, 0.4) is 0 Å². The molecule has 1 heterocycles. The summed E-state index contributed by atoms with van der Waals surface area (Å²) in [6, 6.07) is 7.48. The van der Waals surface area contributed by atoms with E-state index in [4.69, 9.17) is 5.73 Å². The number of anilines is 2. The number of urea groups is 1. The van der Waals surface area contributed by atoms with Gasteiger partial charge < -0.3 is 11.1 Å². The molecule has 1 saturated heterocycles. The summed E-state index contributed by atoms with van der Waals surface area (Å²) < 4.78 is 0. The molecule has 1 fully saturated rings. The van der Waals surface area contributed by atoms with E-state index in [1.165, 1.54) is 0 Å². The smallest absolute Gasteiger partial charge is 0.322 e. The van der Waals surface area contributed by atoms with Gasteiger partial charge in [0.05, 0.1) is 6.04 Å². The van der Waals surface area contributed by atoms with Crippen molar-refractivity contribution in [2.24, 2.45) is 0 Å². The monoisotopic (exact) mass is 191 g/mol. The number of carbonyl (C=O) groups excluding carboxylic acids is 1. The van der Waals surface area contributed by atoms with Crippen LogP contribution < -0.4 is 16.0 Å². The summed E-state index contributed by atoms with van der Waals surface area (Å²) >= 11 is 0. The lowest BCUT2D eigenvalue weighted by Gasteiger charge is -2.19. The number of hydrogen-bond donors (Lipinski definition) is 2. The predicted octanol–water partition coefficient (Wildman–Crippen LogP) is 1.19. The Balaban J connectivity index is 2.34. The number of benzene rings is 1. The number of nitrogens with zero attached hydrogens (tertiary/aromatic N) is 1. The molecule has 0 unspecified atom stereocenters. The summed E-state index contributed by atoms with van der Waals surface area (Å²) in [5, 5.41) is 2.78. The third-order valence-corrected chi connectivity index (χ3v) is 2.36. The van der Waals surface area contributed by atoms with Crippen molar-refractivity contribution in [3.05, 3.63) is 24.3 Å². The summed E-state index contributed by atoms with van der Waals surface area (Å²) in [7, 11) is 0. The Bertz CT molecular complexity index is 364. The van der Waals surface area contributed by atoms with Crippen LogP contribution in [-0.4, -0.2) is 18.6 Å². The Morgan fingerprint density at radius 3 is 2.93 bits per heavy atom. The quantitative estimate of drug-likeness (QED) is 0.655. The maximum atomic E-state index is 11.5. The fraction of sp³-hybridized carbons (Fsp3) is 0.300. The molecule has 14 heavy (non-hydrogen) atoms. The maximum Gasteiger partial charge on any atom is 0.322 e. The number of amides is 2. The van der Waals surface area contributed by atoms with Gasteiger partial charge in [0.15, 0.2) is 0 Å². The molecule has 0 aliphatic carbocycles. The minimum atomic E-state index is -0.0527. The Morgan fingerprint density at radius 2 is 2.36 bits per heavy atom. The van der Waals surface area contributed by atoms with E-state index < -0.39 is 0 Å². The standard InChI is InChI=1S/C10H13N3O/c1-7-6-12-10(14)13(7)9-4-2-3-8(11)5-9/h2-5,7H,6,11H2,1H3,(H,12,14)/t7-/m0/s1. The molecule has 0 saturated carbocycles. The van der Waals surface area contributed by atoms with Gasteiger partial charge in [0.1, 0.15) is 0 Å². The number of nitrogens with one attached hydrogen (secondary N) is 1. The molecule has 1 aromatic rings. The van der Waals surface area contributed by atoms with Crippen molar-refractivity contribution >= 4 is 17.4 Å². The largest absolute Gasteiger partial charge is 0.399 e. The molecule has 0 bridgehead atoms. The van der Waals surface area contributed by atoms with Crippen molar-refractivity contribution in [3.63, 3.8) is 0 Å². The van der Waals surface area contributed by atoms with E-state index in [-0.39, 0.29) is 12.1 Å². The van der Waals surface area contributed by atoms with E-state index in [2.05, 4.69) is 5.32 Å². The van der Waals surface area contributed by atoms with Gasteiger partial charge in [-0.1, -0.05) is 6.07 Å². The highest BCUT2D eigenvalue weighted by Crippen LogP contribution is 2.22. The number of hydrogen-bond acceptors (Lipinski definition) is 2. The van der Waals surface area contributed by atoms with Gasteiger partial charge >= 0.3 is 6.03 Å². The predicted molar refractivity (Wildman–Crippen MR) is 56.2 cm³/mol. The molecule has 4 nitrogen and oxygen atoms in total. The van der Waals surface area contributed by atoms with Gasteiger partial charge in [-0.2, -0.15) is 0 Å². The first-order valence-electron chi connectivity index (χ1n) is 4.61. The first-order valence-corrected chi connectivity index (χ1v) is 4.61. The van der Waals surface area contributed by atoms with Crippen molar-refractivity contribution in [3.8, 4) is 0 Å². The van der Waals surface area contributed by atoms with Crippen molar-refractivity contribution in [2.45, 2.75) is 13.0 Å². The third-order valence-electron chi connectivity index (χ3n) is 2.36. The lowest BCUT2D eigenvalue weighted by Crippen LogP contribution is -2.32. The van der Waals surface area contributed by atoms with Gasteiger partial charge in [-0.05, 0) is 25.1 Å². The van der Waals surface area contributed by atoms with Crippen molar-refractivity contribution < 1.29 is 4.79 Å². The van der Waals surface area contributed by atoms with Crippen molar-refractivity contribution in [1.82, 2.24) is 5.32 Å². The summed E-state index contributed by atoms with van der Waals surface area (Å²) in [5.74, 6) is 0. The molecule has 0 spiro atoms. The van der Waals surface area contributed by atoms with E-state index in [0.29, 0.717) is 12.2 Å². The Labute approximate surface area is 82.7 Å². The van der Waals surface area contributed by atoms with Crippen LogP contribution in [-0.2, 0) is 0 Å². The van der Waals surface area contributed by atoms with Crippen molar-refractivity contribution in [2.75, 3.05) is 17.2 Å². The van der Waals surface area contributed by atoms with Crippen LogP contribution in [0.2, 0.25) is 0 Å². The van der Waals surface area contributed by atoms with Crippen LogP contribution in [0.5, 0.6) is 0 Å². The number of nitrogen functional groups attached to an aromatic ring is 1. The average molecular weight is 191 g/mol. The topological polar surface area (TPSA) is 58.4 Å². The second kappa shape index (κ2) is 3.21. The van der Waals surface area contributed by atoms with Crippen LogP contribution in [0.4, 0.5) is 16.2 Å². The van der Waals surface area contributed by atoms with Crippen LogP contribution in [0.25, 0.3) is 0 Å². The summed E-state index contributed by atoms with van der Waals surface area (Å²) in [5.41, 5.74) is 7.19. The molecule has 1 aliphatic rings. The highest BCUT2D eigenvalue weighted by molar-refractivity contribution is 5.95. The number of rotatable bonds is 1. The molecule has 2 rings (SSSR count). The molecule has 0 radical (unpaired) electrons. The minimum absolute atomic E-state index is 0.0527. The van der Waals surface area contributed by atoms with Gasteiger partial charge in [-0.3, -0.25) is 4.90 Å². The summed E-state index contributed by atoms with van der Waals surface area (Å²) in [6.07, 6.45) is 0. The van der Waals surface area contributed by atoms with Gasteiger partial charge in [-0.15, -0.1) is 0 Å². The Morgan fingerprint density at radius 1 is 1.57 bits per heavy atom. The Hall–Kier alpha value is -1.71. The first kappa shape index (κ1) is 8.87. The summed E-state index contributed by atoms with van der Waals surface area (Å²) in [4.78, 5) is 13.2. The maximum absolute atomic E-state index is 11.5. The van der Waals surface area contributed by atoms with E-state index in [0.717, 1.165) is 5.69 Å². The first-order chi connectivity index (χ1) is 6.68. The highest BCUT2D eigenvalue weighted by atomic mass is 16.2. The molecule has 3 N–H and O–H groups in total. The molecule has 1 aromatic carbocycles. The molecule has 2 amide bonds. The van der Waals surface area contributed by atoms with E-state index in [1.807, 2.05) is 25.1 Å². The molecular weight excluding hydrogens is 178 g/mol. The van der Waals surface area contributed by atoms with E-state index in [9.17, 15) is 4.79 Å². The molecule has 0 aromatic heterocycles. The Kier molecular flexibility index (Phi) is 2.04. The summed E-state index contributed by atoms with van der Waals surface area (Å²) in [6.45, 7) is 2.69. The third kappa shape index (κ3) is 1.39. The fourth-order valence-electron chi connectivity index (χ4n) is 1.66. The van der Waals surface area contributed by atoms with E-state index in [1.54, 1.807) is 11.0 Å². The van der Waals surface area contributed by atoms with Gasteiger partial charge in [0, 0.05) is 17.9 Å². The molecular formula is C10H13N3O. The lowest BCUT2D eigenvalue weighted by molar-refractivity contribution is 0.252.